The van der Waals surface area contributed by atoms with E-state index >= 15 is 0 Å². The lowest BCUT2D eigenvalue weighted by molar-refractivity contribution is 1.14. The summed E-state index contributed by atoms with van der Waals surface area (Å²) in [5, 5.41) is 3.39. The van der Waals surface area contributed by atoms with Gasteiger partial charge in [0.15, 0.2) is 0 Å². The van der Waals surface area contributed by atoms with Crippen molar-refractivity contribution in [2.24, 2.45) is 16.7 Å². The maximum Gasteiger partial charge on any atom is 0.217 e. The predicted octanol–water partition coefficient (Wildman–Crippen LogP) is 0.311. The van der Waals surface area contributed by atoms with Gasteiger partial charge < -0.3 is 16.5 Å². The second-order valence-corrected chi connectivity index (χ2v) is 2.38. The minimum absolute atomic E-state index is 0.293. The van der Waals surface area contributed by atoms with Crippen molar-refractivity contribution in [3.8, 4) is 0 Å². The van der Waals surface area contributed by atoms with Crippen LogP contribution in [0.15, 0.2) is 35.4 Å². The van der Waals surface area contributed by atoms with Gasteiger partial charge in [-0.15, -0.1) is 5.10 Å². The minimum atomic E-state index is 0.293. The van der Waals surface area contributed by atoms with Crippen LogP contribution in [0.3, 0.4) is 0 Å². The molecule has 0 aliphatic heterocycles. The van der Waals surface area contributed by atoms with Crippen molar-refractivity contribution in [1.29, 1.82) is 0 Å². The normalized spacial score (nSPS) is 11.2. The van der Waals surface area contributed by atoms with E-state index in [-0.39, 0.29) is 0 Å². The highest BCUT2D eigenvalue weighted by Gasteiger charge is 2.01. The van der Waals surface area contributed by atoms with Gasteiger partial charge in [-0.3, -0.25) is 0 Å². The summed E-state index contributed by atoms with van der Waals surface area (Å²) < 4.78 is 0. The van der Waals surface area contributed by atoms with E-state index in [1.54, 1.807) is 11.9 Å². The van der Waals surface area contributed by atoms with Crippen LogP contribution in [-0.4, -0.2) is 13.0 Å². The lowest BCUT2D eigenvalue weighted by Crippen LogP contribution is -2.34. The number of guanidine groups is 1. The van der Waals surface area contributed by atoms with Gasteiger partial charge in [0, 0.05) is 12.7 Å². The van der Waals surface area contributed by atoms with E-state index in [2.05, 4.69) is 5.10 Å². The van der Waals surface area contributed by atoms with Crippen molar-refractivity contribution in [1.82, 2.24) is 0 Å². The van der Waals surface area contributed by atoms with Crippen LogP contribution in [0.5, 0.6) is 0 Å². The summed E-state index contributed by atoms with van der Waals surface area (Å²) in [6, 6.07) is 9.65. The summed E-state index contributed by atoms with van der Waals surface area (Å²) in [7, 11) is 1.81. The zero-order chi connectivity index (χ0) is 8.97. The molecule has 0 spiro atoms. The summed E-state index contributed by atoms with van der Waals surface area (Å²) in [6.45, 7) is 0. The van der Waals surface area contributed by atoms with E-state index in [1.165, 1.54) is 0 Å². The summed E-state index contributed by atoms with van der Waals surface area (Å²) in [6.07, 6.45) is 0. The van der Waals surface area contributed by atoms with Crippen LogP contribution >= 0.6 is 0 Å². The Balaban J connectivity index is 2.86. The topological polar surface area (TPSA) is 67.6 Å². The zero-order valence-electron chi connectivity index (χ0n) is 6.94. The number of hydrazone groups is 1. The first-order valence-corrected chi connectivity index (χ1v) is 3.58. The van der Waals surface area contributed by atoms with Gasteiger partial charge in [0.05, 0.1) is 0 Å². The average Bonchev–Trinajstić information content (AvgIpc) is 2.17. The van der Waals surface area contributed by atoms with E-state index in [9.17, 15) is 0 Å². The number of hydrogen-bond acceptors (Lipinski definition) is 2. The molecule has 1 aromatic rings. The number of nitrogens with zero attached hydrogens (tertiary/aromatic N) is 2. The van der Waals surface area contributed by atoms with E-state index in [4.69, 9.17) is 11.6 Å². The molecule has 0 aliphatic carbocycles. The van der Waals surface area contributed by atoms with Crippen molar-refractivity contribution >= 4 is 11.6 Å². The van der Waals surface area contributed by atoms with Crippen LogP contribution in [0.4, 0.5) is 5.69 Å². The highest BCUT2D eigenvalue weighted by Crippen LogP contribution is 2.09. The zero-order valence-corrected chi connectivity index (χ0v) is 6.94. The third kappa shape index (κ3) is 1.66. The molecule has 0 aromatic heterocycles. The monoisotopic (exact) mass is 164 g/mol. The summed E-state index contributed by atoms with van der Waals surface area (Å²) >= 11 is 0. The third-order valence-electron chi connectivity index (χ3n) is 1.62. The molecule has 0 unspecified atom stereocenters. The number of hydrogen-bond donors (Lipinski definition) is 2. The van der Waals surface area contributed by atoms with Crippen molar-refractivity contribution < 1.29 is 0 Å². The standard InChI is InChI=1S/C8H12N4/c1-12(8(9)11-10)7-5-3-2-4-6-7/h2-6H,10H2,1H3,(H2,9,11). The average molecular weight is 164 g/mol. The molecule has 4 heteroatoms. The van der Waals surface area contributed by atoms with E-state index < -0.39 is 0 Å². The lowest BCUT2D eigenvalue weighted by atomic mass is 10.3. The molecule has 0 amide bonds. The molecule has 0 bridgehead atoms. The molecular formula is C8H12N4. The van der Waals surface area contributed by atoms with Crippen molar-refractivity contribution in [3.63, 3.8) is 0 Å². The van der Waals surface area contributed by atoms with Crippen LogP contribution in [-0.2, 0) is 0 Å². The largest absolute Gasteiger partial charge is 0.368 e. The Kier molecular flexibility index (Phi) is 2.53. The van der Waals surface area contributed by atoms with Crippen LogP contribution in [0.2, 0.25) is 0 Å². The number of benzene rings is 1. The molecule has 0 aliphatic rings. The van der Waals surface area contributed by atoms with Gasteiger partial charge in [-0.2, -0.15) is 0 Å². The molecule has 12 heavy (non-hydrogen) atoms. The molecule has 1 rings (SSSR count). The SMILES string of the molecule is CN(/C(N)=N\N)c1ccccc1. The first-order valence-electron chi connectivity index (χ1n) is 3.58. The molecule has 0 fully saturated rings. The van der Waals surface area contributed by atoms with Gasteiger partial charge in [0.1, 0.15) is 0 Å². The first kappa shape index (κ1) is 8.39. The highest BCUT2D eigenvalue weighted by molar-refractivity contribution is 5.93. The van der Waals surface area contributed by atoms with Gasteiger partial charge in [0.25, 0.3) is 0 Å². The summed E-state index contributed by atoms with van der Waals surface area (Å²) in [5.74, 6) is 5.32. The smallest absolute Gasteiger partial charge is 0.217 e. The Morgan fingerprint density at radius 3 is 2.42 bits per heavy atom. The molecule has 0 atom stereocenters. The van der Waals surface area contributed by atoms with Gasteiger partial charge in [-0.25, -0.2) is 0 Å². The fourth-order valence-electron chi connectivity index (χ4n) is 0.870. The quantitative estimate of drug-likeness (QED) is 0.272. The lowest BCUT2D eigenvalue weighted by Gasteiger charge is -2.16. The van der Waals surface area contributed by atoms with E-state index in [0.717, 1.165) is 5.69 Å². The number of nitrogens with two attached hydrogens (primary N) is 2. The fourth-order valence-corrected chi connectivity index (χ4v) is 0.870. The molecule has 64 valence electrons. The van der Waals surface area contributed by atoms with Crippen molar-refractivity contribution in [3.05, 3.63) is 30.3 Å². The molecule has 0 radical (unpaired) electrons. The van der Waals surface area contributed by atoms with Crippen LogP contribution in [0, 0.1) is 0 Å². The molecule has 0 saturated carbocycles. The summed E-state index contributed by atoms with van der Waals surface area (Å²) in [4.78, 5) is 1.71. The minimum Gasteiger partial charge on any atom is -0.368 e. The van der Waals surface area contributed by atoms with Crippen LogP contribution in [0.1, 0.15) is 0 Å². The molecule has 0 heterocycles. The van der Waals surface area contributed by atoms with Crippen molar-refractivity contribution in [2.75, 3.05) is 11.9 Å². The maximum absolute atomic E-state index is 5.50. The number of rotatable bonds is 1. The van der Waals surface area contributed by atoms with Gasteiger partial charge in [0.2, 0.25) is 5.96 Å². The van der Waals surface area contributed by atoms with Gasteiger partial charge in [-0.1, -0.05) is 18.2 Å². The Bertz CT molecular complexity index is 268. The first-order chi connectivity index (χ1) is 5.75. The molecule has 4 nitrogen and oxygen atoms in total. The number of para-hydroxylation sites is 1. The second kappa shape index (κ2) is 3.61. The summed E-state index contributed by atoms with van der Waals surface area (Å²) in [5.41, 5.74) is 6.46. The molecule has 0 saturated heterocycles. The third-order valence-corrected chi connectivity index (χ3v) is 1.62. The van der Waals surface area contributed by atoms with Crippen LogP contribution < -0.4 is 16.5 Å². The highest BCUT2D eigenvalue weighted by atomic mass is 15.3. The molecular weight excluding hydrogens is 152 g/mol. The Morgan fingerprint density at radius 2 is 1.92 bits per heavy atom. The molecule has 4 N–H and O–H groups in total. The Labute approximate surface area is 71.5 Å². The van der Waals surface area contributed by atoms with E-state index in [1.807, 2.05) is 30.3 Å². The maximum atomic E-state index is 5.50. The predicted molar refractivity (Wildman–Crippen MR) is 50.7 cm³/mol. The molecule has 1 aromatic carbocycles. The second-order valence-electron chi connectivity index (χ2n) is 2.38. The fraction of sp³-hybridized carbons (Fsp3) is 0.125. The van der Waals surface area contributed by atoms with Crippen LogP contribution in [0.25, 0.3) is 0 Å². The van der Waals surface area contributed by atoms with E-state index in [0.29, 0.717) is 5.96 Å². The van der Waals surface area contributed by atoms with Gasteiger partial charge >= 0.3 is 0 Å². The Morgan fingerprint density at radius 1 is 1.33 bits per heavy atom. The number of anilines is 1. The van der Waals surface area contributed by atoms with Crippen molar-refractivity contribution in [2.45, 2.75) is 0 Å². The Hall–Kier alpha value is -1.71. The van der Waals surface area contributed by atoms with Gasteiger partial charge in [-0.05, 0) is 12.1 Å².